The summed E-state index contributed by atoms with van der Waals surface area (Å²) in [7, 11) is -14.3. The molecule has 0 aromatic heterocycles. The third-order valence-corrected chi connectivity index (χ3v) is 16.3. The molecule has 2 aliphatic rings. The quantitative estimate of drug-likeness (QED) is 0.0296. The van der Waals surface area contributed by atoms with E-state index >= 15 is 0 Å². The highest BCUT2D eigenvalue weighted by molar-refractivity contribution is 7.87. The number of nitrogens with zero attached hydrogens (tertiary/aromatic N) is 2. The molecule has 0 saturated heterocycles. The van der Waals surface area contributed by atoms with Gasteiger partial charge in [0.25, 0.3) is 30.4 Å². The van der Waals surface area contributed by atoms with Crippen LogP contribution in [0.2, 0.25) is 0 Å². The molecule has 0 fully saturated rings. The lowest BCUT2D eigenvalue weighted by Gasteiger charge is -2.35. The van der Waals surface area contributed by atoms with Crippen LogP contribution in [0, 0.1) is 6.92 Å². The fourth-order valence-electron chi connectivity index (χ4n) is 10.1. The third kappa shape index (κ3) is 10.6. The Kier molecular flexibility index (Phi) is 15.5. The molecule has 3 atom stereocenters. The molecule has 0 radical (unpaired) electrons. The smallest absolute Gasteiger partial charge is 0.303 e. The third-order valence-electron chi connectivity index (χ3n) is 13.8. The molecule has 366 valence electrons. The van der Waals surface area contributed by atoms with Crippen molar-refractivity contribution in [3.05, 3.63) is 113 Å². The van der Waals surface area contributed by atoms with Crippen LogP contribution in [0.3, 0.4) is 0 Å². The van der Waals surface area contributed by atoms with Crippen molar-refractivity contribution < 1.29 is 58.7 Å². The van der Waals surface area contributed by atoms with E-state index < -0.39 is 62.9 Å². The van der Waals surface area contributed by atoms with Gasteiger partial charge in [-0.05, 0) is 128 Å². The van der Waals surface area contributed by atoms with E-state index in [0.29, 0.717) is 74.8 Å². The van der Waals surface area contributed by atoms with Crippen molar-refractivity contribution in [1.82, 2.24) is 0 Å². The van der Waals surface area contributed by atoms with Gasteiger partial charge in [0.2, 0.25) is 0 Å². The molecule has 5 N–H and O–H groups in total. The average molecular weight is 993 g/mol. The van der Waals surface area contributed by atoms with Crippen LogP contribution >= 0.6 is 0 Å². The number of hydrogen-bond acceptors (Lipinski definition) is 10. The molecule has 0 spiro atoms. The van der Waals surface area contributed by atoms with E-state index in [1.165, 1.54) is 18.2 Å². The summed E-state index contributed by atoms with van der Waals surface area (Å²) < 4.78 is 105. The number of carbonyl (C=O) groups is 2. The van der Waals surface area contributed by atoms with Crippen molar-refractivity contribution in [3.8, 4) is 0 Å². The Bertz CT molecular complexity index is 3100. The molecule has 2 heterocycles. The van der Waals surface area contributed by atoms with Gasteiger partial charge < -0.3 is 20.0 Å². The fraction of sp³-hybridized carbons (Fsp3) is 0.400. The lowest BCUT2D eigenvalue weighted by molar-refractivity contribution is -0.138. The lowest BCUT2D eigenvalue weighted by Crippen LogP contribution is -2.42. The summed E-state index contributed by atoms with van der Waals surface area (Å²) in [4.78, 5) is 25.3. The highest BCUT2D eigenvalue weighted by Crippen LogP contribution is 2.54. The Labute approximate surface area is 398 Å². The van der Waals surface area contributed by atoms with Crippen molar-refractivity contribution in [2.75, 3.05) is 22.9 Å². The summed E-state index contributed by atoms with van der Waals surface area (Å²) >= 11 is 0. The monoisotopic (exact) mass is 992 g/mol. The maximum atomic E-state index is 12.6. The number of anilines is 2. The largest absolute Gasteiger partial charge is 0.481 e. The van der Waals surface area contributed by atoms with Gasteiger partial charge >= 0.3 is 11.9 Å². The second-order valence-corrected chi connectivity index (χ2v) is 22.3. The Morgan fingerprint density at radius 2 is 1.16 bits per heavy atom. The van der Waals surface area contributed by atoms with Gasteiger partial charge in [-0.1, -0.05) is 82.2 Å². The minimum absolute atomic E-state index is 0.0173. The summed E-state index contributed by atoms with van der Waals surface area (Å²) in [5.74, 6) is -1.74. The number of carboxylic acids is 2. The van der Waals surface area contributed by atoms with Crippen LogP contribution in [-0.2, 0) is 50.8 Å². The van der Waals surface area contributed by atoms with E-state index in [4.69, 9.17) is 0 Å². The number of allylic oxidation sites excluding steroid dienone is 7. The van der Waals surface area contributed by atoms with Crippen molar-refractivity contribution in [1.29, 1.82) is 0 Å². The van der Waals surface area contributed by atoms with Crippen LogP contribution < -0.4 is 9.80 Å². The average Bonchev–Trinajstić information content (AvgIpc) is 3.65. The predicted molar refractivity (Wildman–Crippen MR) is 264 cm³/mol. The molecule has 0 bridgehead atoms. The van der Waals surface area contributed by atoms with Crippen LogP contribution in [-0.4, -0.2) is 80.2 Å². The summed E-state index contributed by atoms with van der Waals surface area (Å²) in [6.07, 6.45) is 18.4. The molecular formula is C50H60N2O13S3. The second-order valence-electron chi connectivity index (χ2n) is 18.1. The second kappa shape index (κ2) is 20.3. The predicted octanol–water partition coefficient (Wildman–Crippen LogP) is 9.93. The first-order chi connectivity index (χ1) is 31.9. The van der Waals surface area contributed by atoms with Gasteiger partial charge in [-0.15, -0.1) is 0 Å². The van der Waals surface area contributed by atoms with Crippen LogP contribution in [0.5, 0.6) is 0 Å². The molecule has 68 heavy (non-hydrogen) atoms. The zero-order valence-corrected chi connectivity index (χ0v) is 41.3. The van der Waals surface area contributed by atoms with Crippen molar-refractivity contribution >= 4 is 75.2 Å². The van der Waals surface area contributed by atoms with Gasteiger partial charge in [-0.25, -0.2) is 0 Å². The first kappa shape index (κ1) is 52.0. The number of unbranched alkanes of at least 4 members (excludes halogenated alkanes) is 4. The number of fused-ring (bicyclic) bond motifs is 6. The zero-order chi connectivity index (χ0) is 50.0. The number of rotatable bonds is 21. The maximum absolute atomic E-state index is 12.6. The molecule has 15 nitrogen and oxygen atoms in total. The van der Waals surface area contributed by atoms with Crippen molar-refractivity contribution in [2.45, 2.75) is 130 Å². The van der Waals surface area contributed by atoms with E-state index in [1.807, 2.05) is 63.3 Å². The van der Waals surface area contributed by atoms with E-state index in [9.17, 15) is 58.7 Å². The Balaban J connectivity index is 1.37. The molecule has 0 saturated carbocycles. The topological polar surface area (TPSA) is 244 Å². The number of aliphatic carboxylic acids is 2. The molecule has 2 aliphatic heterocycles. The highest BCUT2D eigenvalue weighted by Gasteiger charge is 2.47. The van der Waals surface area contributed by atoms with Gasteiger partial charge in [-0.2, -0.15) is 25.3 Å². The van der Waals surface area contributed by atoms with Gasteiger partial charge in [0.1, 0.15) is 4.90 Å². The summed E-state index contributed by atoms with van der Waals surface area (Å²) in [6.45, 7) is 11.0. The first-order valence-corrected chi connectivity index (χ1v) is 27.0. The first-order valence-electron chi connectivity index (χ1n) is 22.7. The molecule has 6 rings (SSSR count). The van der Waals surface area contributed by atoms with Gasteiger partial charge in [-0.3, -0.25) is 23.2 Å². The minimum atomic E-state index is -4.94. The van der Waals surface area contributed by atoms with Gasteiger partial charge in [0, 0.05) is 59.2 Å². The molecular weight excluding hydrogens is 933 g/mol. The summed E-state index contributed by atoms with van der Waals surface area (Å²) in [5, 5.41) is 20.3. The Morgan fingerprint density at radius 1 is 0.618 bits per heavy atom. The molecule has 3 unspecified atom stereocenters. The molecule has 0 amide bonds. The summed E-state index contributed by atoms with van der Waals surface area (Å²) in [5.41, 5.74) is 3.39. The molecule has 4 aromatic carbocycles. The number of benzene rings is 4. The lowest BCUT2D eigenvalue weighted by atomic mass is 9.74. The van der Waals surface area contributed by atoms with Crippen molar-refractivity contribution in [2.24, 2.45) is 0 Å². The maximum Gasteiger partial charge on any atom is 0.303 e. The van der Waals surface area contributed by atoms with Crippen LogP contribution in [0.25, 0.3) is 21.5 Å². The zero-order valence-electron chi connectivity index (χ0n) is 38.8. The SMILES string of the molecule is CCC1(C)\C(=C/C=C/C=C/C=C/C2N(CCCCCC(=O)O)c3ccc4c(C)cc(S(=O)(=O)O)cc4c3C2(C)CC)N(CCCCCC(=O)O)c2ccc3c(S(=O)(=O)O)cc(S(=O)(=O)O)cc3c21. The highest BCUT2D eigenvalue weighted by atomic mass is 32.2. The normalized spacial score (nSPS) is 20.5. The minimum Gasteiger partial charge on any atom is -0.481 e. The number of carboxylic acid groups (broad SMARTS) is 2. The van der Waals surface area contributed by atoms with E-state index in [1.54, 1.807) is 12.1 Å². The molecule has 0 aliphatic carbocycles. The van der Waals surface area contributed by atoms with Gasteiger partial charge in [0.15, 0.2) is 0 Å². The van der Waals surface area contributed by atoms with Crippen LogP contribution in [0.4, 0.5) is 11.4 Å². The Morgan fingerprint density at radius 3 is 1.74 bits per heavy atom. The van der Waals surface area contributed by atoms with E-state index in [-0.39, 0.29) is 34.6 Å². The number of aryl methyl sites for hydroxylation is 1. The summed E-state index contributed by atoms with van der Waals surface area (Å²) in [6, 6.07) is 12.0. The van der Waals surface area contributed by atoms with E-state index in [2.05, 4.69) is 35.8 Å². The van der Waals surface area contributed by atoms with Crippen molar-refractivity contribution in [3.63, 3.8) is 0 Å². The van der Waals surface area contributed by atoms with Gasteiger partial charge in [0.05, 0.1) is 15.8 Å². The Hall–Kier alpha value is -5.37. The molecule has 18 heteroatoms. The fourth-order valence-corrected chi connectivity index (χ4v) is 12.0. The molecule has 4 aromatic rings. The standard InChI is InChI=1S/C50H60N2O13S3/c1-6-49(4)43(51(27-17-11-15-21-45(53)54)40-25-23-36-33(3)29-34(66(57,58)59)30-38(36)47(40)49)19-13-9-8-10-14-20-44-50(5,7-2)48-39-31-35(67(60,61)62)32-42(68(63,64)65)37(39)24-26-41(48)52(44)28-18-12-16-22-46(55)56/h8-10,13-14,19-20,23-26,29-32,43H,6-7,11-12,15-18,21-22,27-28H2,1-5H3,(H,53,54)(H,55,56)(H,57,58,59)(H,60,61,62)(H,63,64,65)/b9-8+,14-10+,19-13+,44-20+. The van der Waals surface area contributed by atoms with Crippen LogP contribution in [0.15, 0.2) is 111 Å². The van der Waals surface area contributed by atoms with E-state index in [0.717, 1.165) is 40.2 Å². The number of hydrogen-bond donors (Lipinski definition) is 5. The van der Waals surface area contributed by atoms with Crippen LogP contribution in [0.1, 0.15) is 109 Å².